The SMILES string of the molecule is Cc1cc(OCC[NH2+]CC[NH3+])cc(C(C)C)c1. The quantitative estimate of drug-likeness (QED) is 0.660. The molecule has 1 rings (SSSR count). The summed E-state index contributed by atoms with van der Waals surface area (Å²) in [5, 5.41) is 2.24. The Morgan fingerprint density at radius 3 is 2.65 bits per heavy atom. The van der Waals surface area contributed by atoms with Crippen molar-refractivity contribution in [2.75, 3.05) is 26.2 Å². The van der Waals surface area contributed by atoms with Crippen LogP contribution in [0.5, 0.6) is 5.75 Å². The van der Waals surface area contributed by atoms with Crippen molar-refractivity contribution in [3.8, 4) is 5.75 Å². The van der Waals surface area contributed by atoms with Gasteiger partial charge in [-0.1, -0.05) is 19.9 Å². The smallest absolute Gasteiger partial charge is 0.137 e. The second kappa shape index (κ2) is 7.30. The fraction of sp³-hybridized carbons (Fsp3) is 0.571. The summed E-state index contributed by atoms with van der Waals surface area (Å²) in [5.41, 5.74) is 6.43. The van der Waals surface area contributed by atoms with E-state index in [4.69, 9.17) is 4.74 Å². The minimum Gasteiger partial charge on any atom is -0.488 e. The Labute approximate surface area is 104 Å². The van der Waals surface area contributed by atoms with Crippen LogP contribution in [0.4, 0.5) is 0 Å². The molecule has 0 fully saturated rings. The van der Waals surface area contributed by atoms with Gasteiger partial charge in [0.05, 0.1) is 0 Å². The zero-order chi connectivity index (χ0) is 12.7. The van der Waals surface area contributed by atoms with Crippen LogP contribution in [0.3, 0.4) is 0 Å². The maximum atomic E-state index is 5.77. The summed E-state index contributed by atoms with van der Waals surface area (Å²) in [6, 6.07) is 6.48. The minimum absolute atomic E-state index is 0.551. The van der Waals surface area contributed by atoms with Crippen molar-refractivity contribution in [1.29, 1.82) is 0 Å². The lowest BCUT2D eigenvalue weighted by Crippen LogP contribution is -2.88. The van der Waals surface area contributed by atoms with Crippen molar-refractivity contribution < 1.29 is 15.8 Å². The highest BCUT2D eigenvalue weighted by atomic mass is 16.5. The fourth-order valence-electron chi connectivity index (χ4n) is 1.74. The lowest BCUT2D eigenvalue weighted by molar-refractivity contribution is -0.670. The molecule has 0 heterocycles. The molecular weight excluding hydrogens is 212 g/mol. The van der Waals surface area contributed by atoms with Gasteiger partial charge in [0.1, 0.15) is 32.0 Å². The van der Waals surface area contributed by atoms with Crippen LogP contribution >= 0.6 is 0 Å². The van der Waals surface area contributed by atoms with Gasteiger partial charge in [-0.2, -0.15) is 0 Å². The summed E-state index contributed by atoms with van der Waals surface area (Å²) < 4.78 is 5.77. The summed E-state index contributed by atoms with van der Waals surface area (Å²) in [6.07, 6.45) is 0. The number of ether oxygens (including phenoxy) is 1. The molecule has 0 radical (unpaired) electrons. The number of rotatable bonds is 7. The van der Waals surface area contributed by atoms with E-state index >= 15 is 0 Å². The van der Waals surface area contributed by atoms with E-state index in [0.29, 0.717) is 5.92 Å². The third-order valence-corrected chi connectivity index (χ3v) is 2.74. The summed E-state index contributed by atoms with van der Waals surface area (Å²) in [5.74, 6) is 1.55. The van der Waals surface area contributed by atoms with E-state index in [0.717, 1.165) is 32.0 Å². The van der Waals surface area contributed by atoms with Gasteiger partial charge in [-0.15, -0.1) is 0 Å². The second-order valence-electron chi connectivity index (χ2n) is 4.80. The molecule has 0 aliphatic heterocycles. The van der Waals surface area contributed by atoms with E-state index in [2.05, 4.69) is 50.0 Å². The van der Waals surface area contributed by atoms with Gasteiger partial charge in [-0.25, -0.2) is 0 Å². The molecule has 0 amide bonds. The molecule has 0 atom stereocenters. The van der Waals surface area contributed by atoms with Crippen molar-refractivity contribution in [3.63, 3.8) is 0 Å². The zero-order valence-corrected chi connectivity index (χ0v) is 11.3. The van der Waals surface area contributed by atoms with E-state index in [1.807, 2.05) is 0 Å². The Bertz CT molecular complexity index is 337. The third-order valence-electron chi connectivity index (χ3n) is 2.74. The third kappa shape index (κ3) is 5.20. The number of aryl methyl sites for hydroxylation is 1. The molecular formula is C14H26N2O+2. The summed E-state index contributed by atoms with van der Waals surface area (Å²) >= 11 is 0. The van der Waals surface area contributed by atoms with Crippen LogP contribution in [-0.2, 0) is 0 Å². The van der Waals surface area contributed by atoms with E-state index in [9.17, 15) is 0 Å². The van der Waals surface area contributed by atoms with E-state index in [-0.39, 0.29) is 0 Å². The molecule has 3 nitrogen and oxygen atoms in total. The van der Waals surface area contributed by atoms with Gasteiger partial charge in [0.25, 0.3) is 0 Å². The maximum Gasteiger partial charge on any atom is 0.137 e. The summed E-state index contributed by atoms with van der Waals surface area (Å²) in [7, 11) is 0. The predicted octanol–water partition coefficient (Wildman–Crippen LogP) is 0.303. The number of hydrogen-bond acceptors (Lipinski definition) is 1. The van der Waals surface area contributed by atoms with Crippen LogP contribution in [0.15, 0.2) is 18.2 Å². The Morgan fingerprint density at radius 2 is 2.00 bits per heavy atom. The molecule has 17 heavy (non-hydrogen) atoms. The van der Waals surface area contributed by atoms with E-state index in [1.54, 1.807) is 0 Å². The minimum atomic E-state index is 0.551. The van der Waals surface area contributed by atoms with Crippen LogP contribution < -0.4 is 15.8 Å². The monoisotopic (exact) mass is 238 g/mol. The molecule has 0 aliphatic rings. The van der Waals surface area contributed by atoms with E-state index < -0.39 is 0 Å². The lowest BCUT2D eigenvalue weighted by Gasteiger charge is -2.11. The van der Waals surface area contributed by atoms with Crippen molar-refractivity contribution in [1.82, 2.24) is 0 Å². The van der Waals surface area contributed by atoms with Gasteiger partial charge in [0.2, 0.25) is 0 Å². The topological polar surface area (TPSA) is 53.5 Å². The van der Waals surface area contributed by atoms with Crippen LogP contribution in [0.2, 0.25) is 0 Å². The molecule has 5 N–H and O–H groups in total. The Hall–Kier alpha value is -1.06. The molecule has 0 saturated heterocycles. The maximum absolute atomic E-state index is 5.77. The van der Waals surface area contributed by atoms with Crippen LogP contribution in [-0.4, -0.2) is 26.2 Å². The molecule has 0 aromatic heterocycles. The van der Waals surface area contributed by atoms with Gasteiger partial charge in [0.15, 0.2) is 0 Å². The normalized spacial score (nSPS) is 10.9. The molecule has 0 bridgehead atoms. The molecule has 0 aliphatic carbocycles. The molecule has 3 heteroatoms. The second-order valence-corrected chi connectivity index (χ2v) is 4.80. The first-order chi connectivity index (χ1) is 8.13. The highest BCUT2D eigenvalue weighted by Gasteiger charge is 2.03. The van der Waals surface area contributed by atoms with Gasteiger partial charge < -0.3 is 15.8 Å². The lowest BCUT2D eigenvalue weighted by atomic mass is 10.0. The first kappa shape index (κ1) is 14.0. The average Bonchev–Trinajstić information content (AvgIpc) is 2.28. The summed E-state index contributed by atoms with van der Waals surface area (Å²) in [6.45, 7) is 10.4. The first-order valence-electron chi connectivity index (χ1n) is 6.48. The van der Waals surface area contributed by atoms with Crippen LogP contribution in [0, 0.1) is 6.92 Å². The Balaban J connectivity index is 2.47. The van der Waals surface area contributed by atoms with Gasteiger partial charge in [0, 0.05) is 0 Å². The van der Waals surface area contributed by atoms with Crippen LogP contribution in [0.1, 0.15) is 30.9 Å². The van der Waals surface area contributed by atoms with Crippen LogP contribution in [0.25, 0.3) is 0 Å². The highest BCUT2D eigenvalue weighted by Crippen LogP contribution is 2.22. The molecule has 0 spiro atoms. The molecule has 0 unspecified atom stereocenters. The molecule has 1 aromatic carbocycles. The standard InChI is InChI=1S/C14H24N2O/c1-11(2)13-8-12(3)9-14(10-13)17-7-6-16-5-4-15/h8-11,16H,4-7,15H2,1-3H3/p+2. The molecule has 96 valence electrons. The largest absolute Gasteiger partial charge is 0.488 e. The van der Waals surface area contributed by atoms with Crippen molar-refractivity contribution in [2.45, 2.75) is 26.7 Å². The van der Waals surface area contributed by atoms with Crippen molar-refractivity contribution in [3.05, 3.63) is 29.3 Å². The number of nitrogens with two attached hydrogens (primary N) is 1. The van der Waals surface area contributed by atoms with Gasteiger partial charge in [-0.3, -0.25) is 0 Å². The Morgan fingerprint density at radius 1 is 1.24 bits per heavy atom. The number of benzene rings is 1. The average molecular weight is 238 g/mol. The molecule has 0 saturated carbocycles. The van der Waals surface area contributed by atoms with Gasteiger partial charge >= 0.3 is 0 Å². The van der Waals surface area contributed by atoms with Gasteiger partial charge in [-0.05, 0) is 36.1 Å². The van der Waals surface area contributed by atoms with Crippen molar-refractivity contribution >= 4 is 0 Å². The zero-order valence-electron chi connectivity index (χ0n) is 11.3. The summed E-state index contributed by atoms with van der Waals surface area (Å²) in [4.78, 5) is 0. The Kier molecular flexibility index (Phi) is 6.01. The predicted molar refractivity (Wildman–Crippen MR) is 70.2 cm³/mol. The fourth-order valence-corrected chi connectivity index (χ4v) is 1.74. The van der Waals surface area contributed by atoms with Crippen molar-refractivity contribution in [2.24, 2.45) is 0 Å². The van der Waals surface area contributed by atoms with E-state index in [1.165, 1.54) is 11.1 Å². The first-order valence-corrected chi connectivity index (χ1v) is 6.48. The molecule has 1 aromatic rings. The number of quaternary nitrogens is 2. The highest BCUT2D eigenvalue weighted by molar-refractivity contribution is 5.35. The number of hydrogen-bond donors (Lipinski definition) is 2.